The lowest BCUT2D eigenvalue weighted by Gasteiger charge is -2.16. The van der Waals surface area contributed by atoms with Crippen LogP contribution in [0.4, 0.5) is 5.69 Å². The highest BCUT2D eigenvalue weighted by molar-refractivity contribution is 14.0. The average Bonchev–Trinajstić information content (AvgIpc) is 2.61. The number of methoxy groups -OCH3 is 2. The molecule has 8 heteroatoms. The van der Waals surface area contributed by atoms with Gasteiger partial charge in [0.05, 0.1) is 26.9 Å². The Kier molecular flexibility index (Phi) is 14.1. The second-order valence-electron chi connectivity index (χ2n) is 5.48. The summed E-state index contributed by atoms with van der Waals surface area (Å²) in [4.78, 5) is 6.80. The molecule has 26 heavy (non-hydrogen) atoms. The summed E-state index contributed by atoms with van der Waals surface area (Å²) < 4.78 is 16.0. The molecule has 0 aliphatic rings. The van der Waals surface area contributed by atoms with Crippen LogP contribution in [0, 0.1) is 0 Å². The molecule has 7 nitrogen and oxygen atoms in total. The third kappa shape index (κ3) is 9.44. The predicted molar refractivity (Wildman–Crippen MR) is 119 cm³/mol. The quantitative estimate of drug-likeness (QED) is 0.289. The maximum atomic E-state index is 5.54. The summed E-state index contributed by atoms with van der Waals surface area (Å²) in [6.07, 6.45) is 0. The summed E-state index contributed by atoms with van der Waals surface area (Å²) in [5.74, 6) is 2.17. The number of hydrogen-bond donors (Lipinski definition) is 2. The minimum Gasteiger partial charge on any atom is -0.493 e. The molecule has 0 amide bonds. The molecule has 0 atom stereocenters. The van der Waals surface area contributed by atoms with Gasteiger partial charge in [0.2, 0.25) is 0 Å². The molecular formula is C18H33IN4O3. The smallest absolute Gasteiger partial charge is 0.195 e. The predicted octanol–water partition coefficient (Wildman–Crippen LogP) is 2.67. The van der Waals surface area contributed by atoms with Gasteiger partial charge in [0.15, 0.2) is 17.5 Å². The van der Waals surface area contributed by atoms with Gasteiger partial charge in [-0.2, -0.15) is 0 Å². The highest BCUT2D eigenvalue weighted by Crippen LogP contribution is 2.30. The SMILES string of the molecule is CCNC(=NCCN(C)CCOC)Nc1ccc(OCC)c(OC)c1.I. The maximum absolute atomic E-state index is 5.54. The van der Waals surface area contributed by atoms with E-state index < -0.39 is 0 Å². The lowest BCUT2D eigenvalue weighted by molar-refractivity contribution is 0.163. The lowest BCUT2D eigenvalue weighted by atomic mass is 10.2. The molecule has 0 spiro atoms. The Labute approximate surface area is 174 Å². The molecule has 1 aromatic rings. The van der Waals surface area contributed by atoms with Crippen molar-refractivity contribution in [3.8, 4) is 11.5 Å². The molecule has 1 rings (SSSR count). The number of halogens is 1. The number of benzene rings is 1. The van der Waals surface area contributed by atoms with Crippen molar-refractivity contribution in [3.05, 3.63) is 18.2 Å². The number of nitrogens with one attached hydrogen (secondary N) is 2. The molecule has 1 aromatic carbocycles. The first kappa shape index (κ1) is 24.7. The van der Waals surface area contributed by atoms with Crippen molar-refractivity contribution < 1.29 is 14.2 Å². The summed E-state index contributed by atoms with van der Waals surface area (Å²) in [6.45, 7) is 8.57. The highest BCUT2D eigenvalue weighted by atomic mass is 127. The van der Waals surface area contributed by atoms with Gasteiger partial charge in [-0.1, -0.05) is 0 Å². The number of nitrogens with zero attached hydrogens (tertiary/aromatic N) is 2. The van der Waals surface area contributed by atoms with Crippen LogP contribution in [-0.4, -0.2) is 71.5 Å². The van der Waals surface area contributed by atoms with Gasteiger partial charge < -0.3 is 29.7 Å². The second-order valence-corrected chi connectivity index (χ2v) is 5.48. The summed E-state index contributed by atoms with van der Waals surface area (Å²) in [7, 11) is 5.41. The normalized spacial score (nSPS) is 11.1. The van der Waals surface area contributed by atoms with Crippen LogP contribution >= 0.6 is 24.0 Å². The number of likely N-dealkylation sites (N-methyl/N-ethyl adjacent to an activating group) is 1. The number of rotatable bonds is 11. The van der Waals surface area contributed by atoms with Crippen LogP contribution in [0.3, 0.4) is 0 Å². The van der Waals surface area contributed by atoms with Crippen LogP contribution in [0.1, 0.15) is 13.8 Å². The van der Waals surface area contributed by atoms with Gasteiger partial charge in [-0.25, -0.2) is 0 Å². The molecule has 0 aliphatic carbocycles. The van der Waals surface area contributed by atoms with E-state index >= 15 is 0 Å². The minimum atomic E-state index is 0. The number of ether oxygens (including phenoxy) is 3. The van der Waals surface area contributed by atoms with E-state index in [-0.39, 0.29) is 24.0 Å². The Morgan fingerprint density at radius 2 is 1.92 bits per heavy atom. The summed E-state index contributed by atoms with van der Waals surface area (Å²) in [5, 5.41) is 6.55. The Morgan fingerprint density at radius 3 is 2.54 bits per heavy atom. The third-order valence-corrected chi connectivity index (χ3v) is 3.50. The van der Waals surface area contributed by atoms with Gasteiger partial charge in [-0.15, -0.1) is 24.0 Å². The van der Waals surface area contributed by atoms with Crippen molar-refractivity contribution in [3.63, 3.8) is 0 Å². The van der Waals surface area contributed by atoms with Crippen molar-refractivity contribution in [1.82, 2.24) is 10.2 Å². The van der Waals surface area contributed by atoms with E-state index in [0.717, 1.165) is 43.6 Å². The fraction of sp³-hybridized carbons (Fsp3) is 0.611. The van der Waals surface area contributed by atoms with Gasteiger partial charge in [0, 0.05) is 38.5 Å². The van der Waals surface area contributed by atoms with Crippen molar-refractivity contribution >= 4 is 35.6 Å². The van der Waals surface area contributed by atoms with Crippen LogP contribution < -0.4 is 20.1 Å². The standard InChI is InChI=1S/C18H32N4O3.HI/c1-6-19-18(20-10-11-22(3)12-13-23-4)21-15-8-9-16(25-7-2)17(14-15)24-5;/h8-9,14H,6-7,10-13H2,1-5H3,(H2,19,20,21);1H. The zero-order valence-corrected chi connectivity index (χ0v) is 18.8. The molecule has 0 aromatic heterocycles. The monoisotopic (exact) mass is 480 g/mol. The highest BCUT2D eigenvalue weighted by Gasteiger charge is 2.07. The van der Waals surface area contributed by atoms with Crippen LogP contribution in [0.5, 0.6) is 11.5 Å². The first-order valence-electron chi connectivity index (χ1n) is 8.68. The second kappa shape index (κ2) is 14.9. The Balaban J connectivity index is 0.00000625. The topological polar surface area (TPSA) is 67.4 Å². The van der Waals surface area contributed by atoms with Crippen LogP contribution in [-0.2, 0) is 4.74 Å². The van der Waals surface area contributed by atoms with Crippen LogP contribution in [0.15, 0.2) is 23.2 Å². The van der Waals surface area contributed by atoms with Crippen molar-refractivity contribution in [2.45, 2.75) is 13.8 Å². The van der Waals surface area contributed by atoms with E-state index in [4.69, 9.17) is 14.2 Å². The van der Waals surface area contributed by atoms with Gasteiger partial charge in [0.1, 0.15) is 0 Å². The van der Waals surface area contributed by atoms with E-state index in [1.165, 1.54) is 0 Å². The van der Waals surface area contributed by atoms with E-state index in [1.807, 2.05) is 32.0 Å². The Bertz CT molecular complexity index is 529. The molecule has 0 unspecified atom stereocenters. The first-order valence-corrected chi connectivity index (χ1v) is 8.68. The Hall–Kier alpha value is -1.26. The molecule has 0 saturated heterocycles. The molecule has 2 N–H and O–H groups in total. The van der Waals surface area contributed by atoms with Gasteiger partial charge in [0.25, 0.3) is 0 Å². The van der Waals surface area contributed by atoms with Gasteiger partial charge in [-0.05, 0) is 33.0 Å². The number of aliphatic imine (C=N–C) groups is 1. The first-order chi connectivity index (χ1) is 12.1. The molecule has 150 valence electrons. The van der Waals surface area contributed by atoms with Crippen molar-refractivity contribution in [2.24, 2.45) is 4.99 Å². The number of anilines is 1. The van der Waals surface area contributed by atoms with E-state index in [2.05, 4.69) is 27.6 Å². The minimum absolute atomic E-state index is 0. The number of hydrogen-bond acceptors (Lipinski definition) is 5. The average molecular weight is 480 g/mol. The van der Waals surface area contributed by atoms with Crippen molar-refractivity contribution in [2.75, 3.05) is 66.0 Å². The summed E-state index contributed by atoms with van der Waals surface area (Å²) in [6, 6.07) is 5.75. The third-order valence-electron chi connectivity index (χ3n) is 3.50. The fourth-order valence-corrected chi connectivity index (χ4v) is 2.16. The molecule has 0 heterocycles. The number of guanidine groups is 1. The van der Waals surface area contributed by atoms with E-state index in [0.29, 0.717) is 18.9 Å². The van der Waals surface area contributed by atoms with Gasteiger partial charge >= 0.3 is 0 Å². The molecule has 0 aliphatic heterocycles. The fourth-order valence-electron chi connectivity index (χ4n) is 2.16. The lowest BCUT2D eigenvalue weighted by Crippen LogP contribution is -2.32. The molecule has 0 saturated carbocycles. The molecule has 0 radical (unpaired) electrons. The van der Waals surface area contributed by atoms with Gasteiger partial charge in [-0.3, -0.25) is 4.99 Å². The molecule has 0 bridgehead atoms. The molecular weight excluding hydrogens is 447 g/mol. The van der Waals surface area contributed by atoms with Crippen LogP contribution in [0.25, 0.3) is 0 Å². The Morgan fingerprint density at radius 1 is 1.15 bits per heavy atom. The summed E-state index contributed by atoms with van der Waals surface area (Å²) in [5.41, 5.74) is 0.896. The van der Waals surface area contributed by atoms with E-state index in [9.17, 15) is 0 Å². The zero-order valence-electron chi connectivity index (χ0n) is 16.5. The van der Waals surface area contributed by atoms with E-state index in [1.54, 1.807) is 14.2 Å². The molecule has 0 fully saturated rings. The maximum Gasteiger partial charge on any atom is 0.195 e. The van der Waals surface area contributed by atoms with Crippen molar-refractivity contribution in [1.29, 1.82) is 0 Å². The zero-order chi connectivity index (χ0) is 18.5. The van der Waals surface area contributed by atoms with Crippen LogP contribution in [0.2, 0.25) is 0 Å². The summed E-state index contributed by atoms with van der Waals surface area (Å²) >= 11 is 0. The largest absolute Gasteiger partial charge is 0.493 e.